The van der Waals surface area contributed by atoms with Gasteiger partial charge in [-0.15, -0.1) is 0 Å². The number of carbonyl (C=O) groups excluding carboxylic acids is 1. The molecule has 0 saturated carbocycles. The van der Waals surface area contributed by atoms with Crippen molar-refractivity contribution in [2.75, 3.05) is 12.3 Å². The number of nitrogens with one attached hydrogen (secondary N) is 1. The second-order valence-electron chi connectivity index (χ2n) is 4.60. The Morgan fingerprint density at radius 1 is 1.48 bits per heavy atom. The lowest BCUT2D eigenvalue weighted by Crippen LogP contribution is -2.25. The molecule has 0 fully saturated rings. The topological polar surface area (TPSA) is 46.9 Å². The number of aromatic nitrogens is 2. The monoisotopic (exact) mass is 323 g/mol. The molecule has 0 saturated heterocycles. The maximum atomic E-state index is 11.7. The zero-order chi connectivity index (χ0) is 15.2. The highest BCUT2D eigenvalue weighted by atomic mass is 35.5. The minimum atomic E-state index is 0.0271. The molecule has 0 aliphatic carbocycles. The van der Waals surface area contributed by atoms with E-state index in [1.807, 2.05) is 42.8 Å². The lowest BCUT2D eigenvalue weighted by molar-refractivity contribution is -0.118. The predicted octanol–water partition coefficient (Wildman–Crippen LogP) is 3.45. The van der Waals surface area contributed by atoms with Crippen LogP contribution in [-0.4, -0.2) is 27.8 Å². The highest BCUT2D eigenvalue weighted by Crippen LogP contribution is 2.26. The molecule has 0 atom stereocenters. The number of halogens is 1. The number of amides is 1. The molecule has 0 radical (unpaired) electrons. The van der Waals surface area contributed by atoms with Gasteiger partial charge in [0.1, 0.15) is 0 Å². The molecule has 21 heavy (non-hydrogen) atoms. The quantitative estimate of drug-likeness (QED) is 0.828. The van der Waals surface area contributed by atoms with Gasteiger partial charge in [-0.25, -0.2) is 4.98 Å². The van der Waals surface area contributed by atoms with Gasteiger partial charge in [0.05, 0.1) is 11.4 Å². The SMILES string of the molecule is CCCNC(=O)CSc1nccn1-c1cccc(Cl)c1C. The average Bonchev–Trinajstić information content (AvgIpc) is 2.94. The van der Waals surface area contributed by atoms with Crippen molar-refractivity contribution >= 4 is 29.3 Å². The molecule has 1 heterocycles. The first-order valence-corrected chi connectivity index (χ1v) is 8.18. The summed E-state index contributed by atoms with van der Waals surface area (Å²) < 4.78 is 1.96. The molecule has 0 spiro atoms. The predicted molar refractivity (Wildman–Crippen MR) is 87.3 cm³/mol. The fourth-order valence-corrected chi connectivity index (χ4v) is 2.85. The van der Waals surface area contributed by atoms with Crippen LogP contribution in [-0.2, 0) is 4.79 Å². The smallest absolute Gasteiger partial charge is 0.230 e. The van der Waals surface area contributed by atoms with Crippen LogP contribution in [0, 0.1) is 6.92 Å². The van der Waals surface area contributed by atoms with Gasteiger partial charge in [-0.1, -0.05) is 36.4 Å². The van der Waals surface area contributed by atoms with Gasteiger partial charge >= 0.3 is 0 Å². The molecule has 1 amide bonds. The van der Waals surface area contributed by atoms with E-state index in [1.54, 1.807) is 6.20 Å². The first-order chi connectivity index (χ1) is 10.1. The van der Waals surface area contributed by atoms with E-state index < -0.39 is 0 Å². The molecule has 0 bridgehead atoms. The zero-order valence-corrected chi connectivity index (χ0v) is 13.7. The number of imidazole rings is 1. The number of rotatable bonds is 6. The maximum absolute atomic E-state index is 11.7. The Morgan fingerprint density at radius 2 is 2.29 bits per heavy atom. The van der Waals surface area contributed by atoms with Gasteiger partial charge in [-0.2, -0.15) is 0 Å². The van der Waals surface area contributed by atoms with Crippen molar-refractivity contribution < 1.29 is 4.79 Å². The summed E-state index contributed by atoms with van der Waals surface area (Å²) in [5.74, 6) is 0.385. The number of hydrogen-bond donors (Lipinski definition) is 1. The minimum absolute atomic E-state index is 0.0271. The number of benzene rings is 1. The number of carbonyl (C=O) groups is 1. The van der Waals surface area contributed by atoms with Crippen molar-refractivity contribution in [1.29, 1.82) is 0 Å². The summed E-state index contributed by atoms with van der Waals surface area (Å²) in [4.78, 5) is 16.0. The van der Waals surface area contributed by atoms with Gasteiger partial charge in [0, 0.05) is 24.0 Å². The van der Waals surface area contributed by atoms with Crippen molar-refractivity contribution in [2.24, 2.45) is 0 Å². The molecule has 4 nitrogen and oxygen atoms in total. The Hall–Kier alpha value is -1.46. The van der Waals surface area contributed by atoms with E-state index in [2.05, 4.69) is 10.3 Å². The normalized spacial score (nSPS) is 10.6. The van der Waals surface area contributed by atoms with Gasteiger partial charge in [0.25, 0.3) is 0 Å². The molecule has 2 aromatic rings. The molecule has 2 rings (SSSR count). The average molecular weight is 324 g/mol. The van der Waals surface area contributed by atoms with Crippen LogP contribution >= 0.6 is 23.4 Å². The van der Waals surface area contributed by atoms with E-state index in [0.29, 0.717) is 12.3 Å². The van der Waals surface area contributed by atoms with E-state index >= 15 is 0 Å². The van der Waals surface area contributed by atoms with Gasteiger partial charge in [-0.05, 0) is 31.0 Å². The third kappa shape index (κ3) is 4.02. The zero-order valence-electron chi connectivity index (χ0n) is 12.1. The first-order valence-electron chi connectivity index (χ1n) is 6.81. The summed E-state index contributed by atoms with van der Waals surface area (Å²) in [5.41, 5.74) is 1.98. The van der Waals surface area contributed by atoms with Crippen LogP contribution in [0.25, 0.3) is 5.69 Å². The third-order valence-electron chi connectivity index (χ3n) is 3.01. The van der Waals surface area contributed by atoms with Crippen molar-refractivity contribution in [3.63, 3.8) is 0 Å². The Kier molecular flexibility index (Phi) is 5.70. The van der Waals surface area contributed by atoms with Crippen LogP contribution in [0.3, 0.4) is 0 Å². The Bertz CT molecular complexity index is 627. The summed E-state index contributed by atoms with van der Waals surface area (Å²) in [6.07, 6.45) is 4.55. The van der Waals surface area contributed by atoms with E-state index in [9.17, 15) is 4.79 Å². The molecule has 0 unspecified atom stereocenters. The van der Waals surface area contributed by atoms with Crippen LogP contribution in [0.2, 0.25) is 5.02 Å². The van der Waals surface area contributed by atoms with Gasteiger partial charge in [-0.3, -0.25) is 9.36 Å². The van der Waals surface area contributed by atoms with Crippen molar-refractivity contribution in [3.8, 4) is 5.69 Å². The van der Waals surface area contributed by atoms with E-state index in [0.717, 1.165) is 27.9 Å². The van der Waals surface area contributed by atoms with E-state index in [4.69, 9.17) is 11.6 Å². The van der Waals surface area contributed by atoms with E-state index in [1.165, 1.54) is 11.8 Å². The summed E-state index contributed by atoms with van der Waals surface area (Å²) >= 11 is 7.58. The summed E-state index contributed by atoms with van der Waals surface area (Å²) in [7, 11) is 0. The van der Waals surface area contributed by atoms with Gasteiger partial charge < -0.3 is 5.32 Å². The molecule has 112 valence electrons. The lowest BCUT2D eigenvalue weighted by Gasteiger charge is -2.11. The minimum Gasteiger partial charge on any atom is -0.355 e. The standard InChI is InChI=1S/C15H18ClN3OS/c1-3-7-17-14(20)10-21-15-18-8-9-19(15)13-6-4-5-12(16)11(13)2/h4-6,8-9H,3,7,10H2,1-2H3,(H,17,20). The molecule has 0 aliphatic heterocycles. The van der Waals surface area contributed by atoms with Gasteiger partial charge in [0.2, 0.25) is 5.91 Å². The van der Waals surface area contributed by atoms with Crippen LogP contribution in [0.4, 0.5) is 0 Å². The lowest BCUT2D eigenvalue weighted by atomic mass is 10.2. The molecule has 1 aromatic heterocycles. The van der Waals surface area contributed by atoms with Crippen molar-refractivity contribution in [2.45, 2.75) is 25.4 Å². The van der Waals surface area contributed by atoms with Crippen molar-refractivity contribution in [1.82, 2.24) is 14.9 Å². The second-order valence-corrected chi connectivity index (χ2v) is 5.95. The Labute approximate surface area is 133 Å². The highest BCUT2D eigenvalue weighted by molar-refractivity contribution is 7.99. The number of hydrogen-bond acceptors (Lipinski definition) is 3. The van der Waals surface area contributed by atoms with Crippen molar-refractivity contribution in [3.05, 3.63) is 41.2 Å². The highest BCUT2D eigenvalue weighted by Gasteiger charge is 2.11. The van der Waals surface area contributed by atoms with Crippen LogP contribution in [0.5, 0.6) is 0 Å². The fourth-order valence-electron chi connectivity index (χ4n) is 1.88. The summed E-state index contributed by atoms with van der Waals surface area (Å²) in [6, 6.07) is 5.76. The maximum Gasteiger partial charge on any atom is 0.230 e. The Morgan fingerprint density at radius 3 is 3.05 bits per heavy atom. The molecular formula is C15H18ClN3OS. The largest absolute Gasteiger partial charge is 0.355 e. The van der Waals surface area contributed by atoms with Crippen LogP contribution in [0.15, 0.2) is 35.7 Å². The third-order valence-corrected chi connectivity index (χ3v) is 4.39. The first kappa shape index (κ1) is 15.9. The summed E-state index contributed by atoms with van der Waals surface area (Å²) in [6.45, 7) is 4.71. The Balaban J connectivity index is 2.12. The molecule has 1 N–H and O–H groups in total. The number of nitrogens with zero attached hydrogens (tertiary/aromatic N) is 2. The summed E-state index contributed by atoms with van der Waals surface area (Å²) in [5, 5.41) is 4.36. The molecule has 6 heteroatoms. The van der Waals surface area contributed by atoms with Crippen LogP contribution in [0.1, 0.15) is 18.9 Å². The fraction of sp³-hybridized carbons (Fsp3) is 0.333. The molecule has 1 aromatic carbocycles. The number of thioether (sulfide) groups is 1. The van der Waals surface area contributed by atoms with Crippen LogP contribution < -0.4 is 5.32 Å². The van der Waals surface area contributed by atoms with Gasteiger partial charge in [0.15, 0.2) is 5.16 Å². The second kappa shape index (κ2) is 7.52. The molecular weight excluding hydrogens is 306 g/mol. The van der Waals surface area contributed by atoms with E-state index in [-0.39, 0.29) is 5.91 Å². The molecule has 0 aliphatic rings.